The van der Waals surface area contributed by atoms with Gasteiger partial charge in [0.25, 0.3) is 5.91 Å². The highest BCUT2D eigenvalue weighted by molar-refractivity contribution is 6.34. The number of carbonyl (C=O) groups excluding carboxylic acids is 1. The van der Waals surface area contributed by atoms with Crippen molar-refractivity contribution in [2.45, 2.75) is 6.61 Å². The van der Waals surface area contributed by atoms with Crippen molar-refractivity contribution in [3.63, 3.8) is 0 Å². The number of hydrogen-bond donors (Lipinski definition) is 1. The lowest BCUT2D eigenvalue weighted by Gasteiger charge is -2.11. The summed E-state index contributed by atoms with van der Waals surface area (Å²) in [6.45, 7) is 0.466. The highest BCUT2D eigenvalue weighted by Crippen LogP contribution is 2.35. The molecule has 1 heterocycles. The summed E-state index contributed by atoms with van der Waals surface area (Å²) < 4.78 is 11.4. The van der Waals surface area contributed by atoms with Crippen LogP contribution in [-0.4, -0.2) is 13.0 Å². The molecule has 1 N–H and O–H groups in total. The molecule has 0 saturated heterocycles. The normalized spacial score (nSPS) is 14.0. The molecule has 0 fully saturated rings. The van der Waals surface area contributed by atoms with Gasteiger partial charge < -0.3 is 14.8 Å². The SMILES string of the molecule is COc1cc(/C=C2\C(=O)Nc3ccccc32)ccc1OCc1ccccc1. The summed E-state index contributed by atoms with van der Waals surface area (Å²) in [6, 6.07) is 23.3. The molecule has 134 valence electrons. The van der Waals surface area contributed by atoms with Gasteiger partial charge in [0.05, 0.1) is 7.11 Å². The summed E-state index contributed by atoms with van der Waals surface area (Å²) in [5, 5.41) is 2.88. The van der Waals surface area contributed by atoms with Crippen LogP contribution in [-0.2, 0) is 11.4 Å². The van der Waals surface area contributed by atoms with Crippen molar-refractivity contribution in [3.8, 4) is 11.5 Å². The smallest absolute Gasteiger partial charge is 0.256 e. The zero-order valence-electron chi connectivity index (χ0n) is 14.9. The lowest BCUT2D eigenvalue weighted by atomic mass is 10.0. The maximum absolute atomic E-state index is 12.3. The van der Waals surface area contributed by atoms with Gasteiger partial charge in [0.1, 0.15) is 6.61 Å². The second-order valence-corrected chi connectivity index (χ2v) is 6.24. The third kappa shape index (κ3) is 3.55. The molecular weight excluding hydrogens is 338 g/mol. The van der Waals surface area contributed by atoms with Gasteiger partial charge in [-0.15, -0.1) is 0 Å². The van der Waals surface area contributed by atoms with Crippen molar-refractivity contribution in [1.29, 1.82) is 0 Å². The molecule has 0 aromatic heterocycles. The molecule has 4 heteroatoms. The summed E-state index contributed by atoms with van der Waals surface area (Å²) in [7, 11) is 1.61. The molecule has 0 aliphatic carbocycles. The van der Waals surface area contributed by atoms with Crippen LogP contribution in [0.5, 0.6) is 11.5 Å². The summed E-state index contributed by atoms with van der Waals surface area (Å²) in [5.74, 6) is 1.20. The van der Waals surface area contributed by atoms with Crippen molar-refractivity contribution >= 4 is 23.2 Å². The number of amides is 1. The van der Waals surface area contributed by atoms with Crippen LogP contribution in [0.2, 0.25) is 0 Å². The first-order chi connectivity index (χ1) is 13.2. The molecule has 4 rings (SSSR count). The van der Waals surface area contributed by atoms with Gasteiger partial charge in [-0.2, -0.15) is 0 Å². The monoisotopic (exact) mass is 357 g/mol. The van der Waals surface area contributed by atoms with Gasteiger partial charge in [-0.25, -0.2) is 0 Å². The van der Waals surface area contributed by atoms with E-state index in [0.29, 0.717) is 23.7 Å². The summed E-state index contributed by atoms with van der Waals surface area (Å²) in [6.07, 6.45) is 1.87. The van der Waals surface area contributed by atoms with E-state index in [9.17, 15) is 4.79 Å². The Morgan fingerprint density at radius 1 is 0.926 bits per heavy atom. The Morgan fingerprint density at radius 2 is 1.70 bits per heavy atom. The van der Waals surface area contributed by atoms with Gasteiger partial charge in [0, 0.05) is 16.8 Å². The van der Waals surface area contributed by atoms with Crippen molar-refractivity contribution < 1.29 is 14.3 Å². The van der Waals surface area contributed by atoms with E-state index in [0.717, 1.165) is 22.4 Å². The highest BCUT2D eigenvalue weighted by atomic mass is 16.5. The molecule has 0 atom stereocenters. The van der Waals surface area contributed by atoms with Gasteiger partial charge in [-0.05, 0) is 35.4 Å². The molecule has 1 aliphatic heterocycles. The van der Waals surface area contributed by atoms with Crippen LogP contribution < -0.4 is 14.8 Å². The zero-order valence-corrected chi connectivity index (χ0v) is 14.9. The number of benzene rings is 3. The second-order valence-electron chi connectivity index (χ2n) is 6.24. The first kappa shape index (κ1) is 16.9. The van der Waals surface area contributed by atoms with Crippen LogP contribution in [0.3, 0.4) is 0 Å². The number of rotatable bonds is 5. The molecule has 1 amide bonds. The molecule has 3 aromatic rings. The Balaban J connectivity index is 1.59. The van der Waals surface area contributed by atoms with Crippen molar-refractivity contribution in [2.24, 2.45) is 0 Å². The Morgan fingerprint density at radius 3 is 2.52 bits per heavy atom. The lowest BCUT2D eigenvalue weighted by molar-refractivity contribution is -0.110. The van der Waals surface area contributed by atoms with Crippen LogP contribution >= 0.6 is 0 Å². The van der Waals surface area contributed by atoms with E-state index in [1.807, 2.05) is 78.9 Å². The zero-order chi connectivity index (χ0) is 18.6. The quantitative estimate of drug-likeness (QED) is 0.669. The lowest BCUT2D eigenvalue weighted by Crippen LogP contribution is -2.03. The van der Waals surface area contributed by atoms with Crippen LogP contribution in [0.15, 0.2) is 72.8 Å². The minimum atomic E-state index is -0.0976. The molecule has 1 aliphatic rings. The van der Waals surface area contributed by atoms with Gasteiger partial charge in [-0.1, -0.05) is 54.6 Å². The number of carbonyl (C=O) groups is 1. The van der Waals surface area contributed by atoms with Gasteiger partial charge in [0.15, 0.2) is 11.5 Å². The van der Waals surface area contributed by atoms with Crippen LogP contribution in [0.1, 0.15) is 16.7 Å². The molecule has 0 saturated carbocycles. The van der Waals surface area contributed by atoms with E-state index >= 15 is 0 Å². The van der Waals surface area contributed by atoms with E-state index in [2.05, 4.69) is 5.32 Å². The predicted molar refractivity (Wildman–Crippen MR) is 107 cm³/mol. The van der Waals surface area contributed by atoms with E-state index in [4.69, 9.17) is 9.47 Å². The maximum atomic E-state index is 12.3. The summed E-state index contributed by atoms with van der Waals surface area (Å²) >= 11 is 0. The van der Waals surface area contributed by atoms with Crippen LogP contribution in [0, 0.1) is 0 Å². The van der Waals surface area contributed by atoms with Crippen molar-refractivity contribution in [3.05, 3.63) is 89.5 Å². The molecular formula is C23H19NO3. The first-order valence-corrected chi connectivity index (χ1v) is 8.72. The molecule has 0 unspecified atom stereocenters. The Labute approximate surface area is 158 Å². The van der Waals surface area contributed by atoms with E-state index in [-0.39, 0.29) is 5.91 Å². The van der Waals surface area contributed by atoms with Gasteiger partial charge >= 0.3 is 0 Å². The third-order valence-electron chi connectivity index (χ3n) is 4.45. The average molecular weight is 357 g/mol. The number of hydrogen-bond acceptors (Lipinski definition) is 3. The molecule has 3 aromatic carbocycles. The average Bonchev–Trinajstić information content (AvgIpc) is 3.03. The largest absolute Gasteiger partial charge is 0.493 e. The molecule has 4 nitrogen and oxygen atoms in total. The molecule has 0 radical (unpaired) electrons. The Kier molecular flexibility index (Phi) is 4.62. The number of anilines is 1. The fourth-order valence-electron chi connectivity index (χ4n) is 3.08. The fourth-order valence-corrected chi connectivity index (χ4v) is 3.08. The predicted octanol–water partition coefficient (Wildman–Crippen LogP) is 4.77. The Hall–Kier alpha value is -3.53. The van der Waals surface area contributed by atoms with E-state index < -0.39 is 0 Å². The van der Waals surface area contributed by atoms with Crippen LogP contribution in [0.4, 0.5) is 5.69 Å². The number of para-hydroxylation sites is 1. The van der Waals surface area contributed by atoms with E-state index in [1.165, 1.54) is 0 Å². The van der Waals surface area contributed by atoms with Gasteiger partial charge in [0.2, 0.25) is 0 Å². The second kappa shape index (κ2) is 7.38. The maximum Gasteiger partial charge on any atom is 0.256 e. The highest BCUT2D eigenvalue weighted by Gasteiger charge is 2.23. The summed E-state index contributed by atoms with van der Waals surface area (Å²) in [5.41, 5.74) is 4.35. The van der Waals surface area contributed by atoms with E-state index in [1.54, 1.807) is 7.11 Å². The number of methoxy groups -OCH3 is 1. The number of nitrogens with one attached hydrogen (secondary N) is 1. The minimum Gasteiger partial charge on any atom is -0.493 e. The molecule has 27 heavy (non-hydrogen) atoms. The number of ether oxygens (including phenoxy) is 2. The first-order valence-electron chi connectivity index (χ1n) is 8.72. The molecule has 0 spiro atoms. The standard InChI is InChI=1S/C23H19NO3/c1-26-22-14-17(11-12-21(22)27-15-16-7-3-2-4-8-16)13-19-18-9-5-6-10-20(18)24-23(19)25/h2-14H,15H2,1H3,(H,24,25)/b19-13-. The summed E-state index contributed by atoms with van der Waals surface area (Å²) in [4.78, 5) is 12.3. The fraction of sp³-hybridized carbons (Fsp3) is 0.0870. The third-order valence-corrected chi connectivity index (χ3v) is 4.45. The van der Waals surface area contributed by atoms with Gasteiger partial charge in [-0.3, -0.25) is 4.79 Å². The van der Waals surface area contributed by atoms with Crippen LogP contribution in [0.25, 0.3) is 11.6 Å². The number of fused-ring (bicyclic) bond motifs is 1. The van der Waals surface area contributed by atoms with Crippen molar-refractivity contribution in [1.82, 2.24) is 0 Å². The molecule has 0 bridgehead atoms. The topological polar surface area (TPSA) is 47.6 Å². The van der Waals surface area contributed by atoms with Crippen molar-refractivity contribution in [2.75, 3.05) is 12.4 Å². The Bertz CT molecular complexity index is 1010. The minimum absolute atomic E-state index is 0.0976.